The van der Waals surface area contributed by atoms with Crippen molar-refractivity contribution in [3.8, 4) is 0 Å². The fraction of sp³-hybridized carbons (Fsp3) is 0.929. The largest absolute Gasteiger partial charge is 0.381 e. The summed E-state index contributed by atoms with van der Waals surface area (Å²) < 4.78 is 5.33. The van der Waals surface area contributed by atoms with E-state index in [2.05, 4.69) is 36.3 Å². The fourth-order valence-electron chi connectivity index (χ4n) is 2.13. The van der Waals surface area contributed by atoms with Crippen LogP contribution in [0.15, 0.2) is 0 Å². The first-order chi connectivity index (χ1) is 9.09. The van der Waals surface area contributed by atoms with Crippen LogP contribution >= 0.6 is 0 Å². The van der Waals surface area contributed by atoms with Gasteiger partial charge in [0.2, 0.25) is 5.91 Å². The third-order valence-electron chi connectivity index (χ3n) is 3.48. The van der Waals surface area contributed by atoms with Crippen LogP contribution in [0.4, 0.5) is 0 Å². The first-order valence-corrected chi connectivity index (χ1v) is 7.28. The van der Waals surface area contributed by atoms with Crippen LogP contribution in [0.2, 0.25) is 0 Å². The Labute approximate surface area is 117 Å². The SMILES string of the molecule is CN(C)CCN(C)CCCNC(=O)C1CCCOC1. The van der Waals surface area contributed by atoms with E-state index in [0.717, 1.165) is 52.0 Å². The number of ether oxygens (including phenoxy) is 1. The molecule has 1 atom stereocenters. The first kappa shape index (κ1) is 16.4. The Morgan fingerprint density at radius 3 is 2.68 bits per heavy atom. The highest BCUT2D eigenvalue weighted by molar-refractivity contribution is 5.78. The van der Waals surface area contributed by atoms with Gasteiger partial charge in [-0.3, -0.25) is 4.79 Å². The number of nitrogens with one attached hydrogen (secondary N) is 1. The number of likely N-dealkylation sites (N-methyl/N-ethyl adjacent to an activating group) is 2. The number of nitrogens with zero attached hydrogens (tertiary/aromatic N) is 2. The highest BCUT2D eigenvalue weighted by atomic mass is 16.5. The van der Waals surface area contributed by atoms with Crippen molar-refractivity contribution in [2.45, 2.75) is 19.3 Å². The fourth-order valence-corrected chi connectivity index (χ4v) is 2.13. The lowest BCUT2D eigenvalue weighted by atomic mass is 10.0. The Balaban J connectivity index is 2.01. The molecule has 1 N–H and O–H groups in total. The second-order valence-corrected chi connectivity index (χ2v) is 5.67. The van der Waals surface area contributed by atoms with Crippen LogP contribution in [0, 0.1) is 5.92 Å². The molecule has 1 fully saturated rings. The molecule has 1 heterocycles. The van der Waals surface area contributed by atoms with E-state index >= 15 is 0 Å². The summed E-state index contributed by atoms with van der Waals surface area (Å²) in [5.74, 6) is 0.232. The lowest BCUT2D eigenvalue weighted by Crippen LogP contribution is -2.37. The van der Waals surface area contributed by atoms with Crippen LogP contribution in [0.3, 0.4) is 0 Å². The van der Waals surface area contributed by atoms with Gasteiger partial charge in [0.25, 0.3) is 0 Å². The minimum Gasteiger partial charge on any atom is -0.381 e. The first-order valence-electron chi connectivity index (χ1n) is 7.28. The molecule has 19 heavy (non-hydrogen) atoms. The Kier molecular flexibility index (Phi) is 8.02. The van der Waals surface area contributed by atoms with Gasteiger partial charge in [0.05, 0.1) is 12.5 Å². The van der Waals surface area contributed by atoms with E-state index in [9.17, 15) is 4.79 Å². The number of hydrogen-bond donors (Lipinski definition) is 1. The molecule has 0 aliphatic carbocycles. The monoisotopic (exact) mass is 271 g/mol. The van der Waals surface area contributed by atoms with Gasteiger partial charge in [-0.25, -0.2) is 0 Å². The molecule has 1 saturated heterocycles. The van der Waals surface area contributed by atoms with E-state index in [1.54, 1.807) is 0 Å². The molecule has 5 heteroatoms. The highest BCUT2D eigenvalue weighted by Gasteiger charge is 2.20. The molecule has 1 aliphatic rings. The molecule has 0 radical (unpaired) electrons. The van der Waals surface area contributed by atoms with Crippen molar-refractivity contribution in [2.24, 2.45) is 5.92 Å². The van der Waals surface area contributed by atoms with Crippen molar-refractivity contribution in [2.75, 3.05) is 60.5 Å². The van der Waals surface area contributed by atoms with Gasteiger partial charge in [0.15, 0.2) is 0 Å². The summed E-state index contributed by atoms with van der Waals surface area (Å²) in [6.07, 6.45) is 2.98. The summed E-state index contributed by atoms with van der Waals surface area (Å²) in [6, 6.07) is 0. The third kappa shape index (κ3) is 7.50. The maximum Gasteiger partial charge on any atom is 0.225 e. The molecule has 0 aromatic carbocycles. The third-order valence-corrected chi connectivity index (χ3v) is 3.48. The topological polar surface area (TPSA) is 44.8 Å². The van der Waals surface area contributed by atoms with Crippen LogP contribution < -0.4 is 5.32 Å². The van der Waals surface area contributed by atoms with Crippen LogP contribution in [-0.2, 0) is 9.53 Å². The Bertz CT molecular complexity index is 253. The van der Waals surface area contributed by atoms with Crippen molar-refractivity contribution >= 4 is 5.91 Å². The van der Waals surface area contributed by atoms with E-state index < -0.39 is 0 Å². The molecule has 0 aromatic heterocycles. The summed E-state index contributed by atoms with van der Waals surface area (Å²) in [5, 5.41) is 3.02. The molecule has 5 nitrogen and oxygen atoms in total. The van der Waals surface area contributed by atoms with Crippen LogP contribution in [0.5, 0.6) is 0 Å². The zero-order chi connectivity index (χ0) is 14.1. The van der Waals surface area contributed by atoms with Crippen molar-refractivity contribution in [3.05, 3.63) is 0 Å². The van der Waals surface area contributed by atoms with Crippen LogP contribution in [0.1, 0.15) is 19.3 Å². The molecule has 112 valence electrons. The van der Waals surface area contributed by atoms with Gasteiger partial charge in [-0.05, 0) is 47.0 Å². The van der Waals surface area contributed by atoms with Gasteiger partial charge in [-0.1, -0.05) is 0 Å². The maximum absolute atomic E-state index is 11.8. The standard InChI is InChI=1S/C14H29N3O2/c1-16(2)9-10-17(3)8-5-7-15-14(18)13-6-4-11-19-12-13/h13H,4-12H2,1-3H3,(H,15,18). The normalized spacial score (nSPS) is 19.9. The van der Waals surface area contributed by atoms with Crippen molar-refractivity contribution < 1.29 is 9.53 Å². The Morgan fingerprint density at radius 2 is 2.05 bits per heavy atom. The van der Waals surface area contributed by atoms with E-state index in [1.807, 2.05) is 0 Å². The minimum absolute atomic E-state index is 0.0696. The molecular weight excluding hydrogens is 242 g/mol. The van der Waals surface area contributed by atoms with Gasteiger partial charge in [0, 0.05) is 26.2 Å². The summed E-state index contributed by atoms with van der Waals surface area (Å²) in [5.41, 5.74) is 0. The number of hydrogen-bond acceptors (Lipinski definition) is 4. The molecule has 0 spiro atoms. The maximum atomic E-state index is 11.8. The average Bonchev–Trinajstić information content (AvgIpc) is 2.42. The second kappa shape index (κ2) is 9.28. The van der Waals surface area contributed by atoms with Gasteiger partial charge >= 0.3 is 0 Å². The Hall–Kier alpha value is -0.650. The summed E-state index contributed by atoms with van der Waals surface area (Å²) >= 11 is 0. The average molecular weight is 271 g/mol. The van der Waals surface area contributed by atoms with Gasteiger partial charge in [-0.15, -0.1) is 0 Å². The summed E-state index contributed by atoms with van der Waals surface area (Å²) in [4.78, 5) is 16.3. The molecule has 0 bridgehead atoms. The van der Waals surface area contributed by atoms with Crippen molar-refractivity contribution in [3.63, 3.8) is 0 Å². The van der Waals surface area contributed by atoms with Crippen molar-refractivity contribution in [1.29, 1.82) is 0 Å². The van der Waals surface area contributed by atoms with Crippen molar-refractivity contribution in [1.82, 2.24) is 15.1 Å². The molecule has 1 aliphatic heterocycles. The summed E-state index contributed by atoms with van der Waals surface area (Å²) in [7, 11) is 6.29. The number of carbonyl (C=O) groups excluding carboxylic acids is 1. The molecule has 0 saturated carbocycles. The number of rotatable bonds is 8. The lowest BCUT2D eigenvalue weighted by Gasteiger charge is -2.22. The predicted molar refractivity (Wildman–Crippen MR) is 77.2 cm³/mol. The molecule has 0 aromatic rings. The van der Waals surface area contributed by atoms with E-state index in [4.69, 9.17) is 4.74 Å². The van der Waals surface area contributed by atoms with E-state index in [-0.39, 0.29) is 11.8 Å². The number of amides is 1. The van der Waals surface area contributed by atoms with Crippen LogP contribution in [0.25, 0.3) is 0 Å². The smallest absolute Gasteiger partial charge is 0.225 e. The summed E-state index contributed by atoms with van der Waals surface area (Å²) in [6.45, 7) is 5.33. The lowest BCUT2D eigenvalue weighted by molar-refractivity contribution is -0.128. The van der Waals surface area contributed by atoms with Gasteiger partial charge in [-0.2, -0.15) is 0 Å². The molecule has 1 amide bonds. The zero-order valence-corrected chi connectivity index (χ0v) is 12.7. The quantitative estimate of drug-likeness (QED) is 0.650. The van der Waals surface area contributed by atoms with E-state index in [1.165, 1.54) is 0 Å². The molecule has 1 unspecified atom stereocenters. The van der Waals surface area contributed by atoms with Gasteiger partial charge in [0.1, 0.15) is 0 Å². The second-order valence-electron chi connectivity index (χ2n) is 5.67. The Morgan fingerprint density at radius 1 is 1.26 bits per heavy atom. The van der Waals surface area contributed by atoms with Gasteiger partial charge < -0.3 is 19.9 Å². The highest BCUT2D eigenvalue weighted by Crippen LogP contribution is 2.13. The number of carbonyl (C=O) groups is 1. The van der Waals surface area contributed by atoms with Crippen LogP contribution in [-0.4, -0.2) is 76.2 Å². The predicted octanol–water partition coefficient (Wildman–Crippen LogP) is 0.413. The van der Waals surface area contributed by atoms with E-state index in [0.29, 0.717) is 6.61 Å². The zero-order valence-electron chi connectivity index (χ0n) is 12.7. The minimum atomic E-state index is 0.0696. The molecular formula is C14H29N3O2. The molecule has 1 rings (SSSR count).